The van der Waals surface area contributed by atoms with Crippen molar-refractivity contribution in [3.63, 3.8) is 0 Å². The van der Waals surface area contributed by atoms with E-state index in [0.29, 0.717) is 0 Å². The molecule has 0 saturated heterocycles. The summed E-state index contributed by atoms with van der Waals surface area (Å²) in [7, 11) is 2.14. The molecule has 1 aromatic rings. The van der Waals surface area contributed by atoms with Gasteiger partial charge >= 0.3 is 0 Å². The lowest BCUT2D eigenvalue weighted by Gasteiger charge is -2.31. The van der Waals surface area contributed by atoms with Crippen LogP contribution in [-0.2, 0) is 17.6 Å². The Morgan fingerprint density at radius 3 is 2.10 bits per heavy atom. The molecular formula is C34H61N3O2S. The van der Waals surface area contributed by atoms with Crippen molar-refractivity contribution < 1.29 is 9.59 Å². The van der Waals surface area contributed by atoms with Gasteiger partial charge in [0.05, 0.1) is 11.8 Å². The number of hydrogen-bond acceptors (Lipinski definition) is 4. The molecule has 230 valence electrons. The minimum Gasteiger partial charge on any atom is -0.343 e. The highest BCUT2D eigenvalue weighted by Crippen LogP contribution is 2.32. The van der Waals surface area contributed by atoms with Gasteiger partial charge in [0.25, 0.3) is 0 Å². The summed E-state index contributed by atoms with van der Waals surface area (Å²) in [5.74, 6) is 1.25. The predicted molar refractivity (Wildman–Crippen MR) is 178 cm³/mol. The van der Waals surface area contributed by atoms with E-state index in [1.165, 1.54) is 16.7 Å². The molecule has 1 unspecified atom stereocenters. The highest BCUT2D eigenvalue weighted by atomic mass is 32.2. The minimum absolute atomic E-state index is 0.0116. The quantitative estimate of drug-likeness (QED) is 0.187. The normalized spacial score (nSPS) is 14.2. The number of allylic oxidation sites excluding steroid dienone is 2. The first-order chi connectivity index (χ1) is 19.1. The summed E-state index contributed by atoms with van der Waals surface area (Å²) < 4.78 is 1.92. The molecule has 0 aliphatic carbocycles. The van der Waals surface area contributed by atoms with Crippen LogP contribution in [0.25, 0.3) is 5.57 Å². The Morgan fingerprint density at radius 2 is 1.62 bits per heavy atom. The molecule has 1 heterocycles. The second kappa shape index (κ2) is 21.0. The number of aryl methyl sites for hydroxylation is 1. The molecule has 0 saturated carbocycles. The SMILES string of the molecule is CC.CC/C=C(/C[C@@H](C)N(C)C[C@@H](CC)C(=O)N(CC)CC)c1c(CC)cn(C(=O)C(C)/C=C\SCC)c1CC. The maximum absolute atomic E-state index is 13.5. The Bertz CT molecular complexity index is 930. The number of carbonyl (C=O) groups excluding carboxylic acids is 2. The maximum atomic E-state index is 13.5. The van der Waals surface area contributed by atoms with E-state index in [4.69, 9.17) is 0 Å². The van der Waals surface area contributed by atoms with Gasteiger partial charge in [-0.25, -0.2) is 0 Å². The van der Waals surface area contributed by atoms with Crippen LogP contribution in [0.3, 0.4) is 0 Å². The Balaban J connectivity index is 0.00000742. The predicted octanol–water partition coefficient (Wildman–Crippen LogP) is 8.58. The summed E-state index contributed by atoms with van der Waals surface area (Å²) >= 11 is 1.72. The van der Waals surface area contributed by atoms with Gasteiger partial charge in [0.1, 0.15) is 0 Å². The molecule has 6 heteroatoms. The summed E-state index contributed by atoms with van der Waals surface area (Å²) in [5, 5.41) is 2.05. The van der Waals surface area contributed by atoms with Crippen molar-refractivity contribution in [1.29, 1.82) is 0 Å². The van der Waals surface area contributed by atoms with Gasteiger partial charge in [-0.05, 0) is 82.2 Å². The zero-order chi connectivity index (χ0) is 30.8. The number of thioether (sulfide) groups is 1. The van der Waals surface area contributed by atoms with E-state index < -0.39 is 0 Å². The summed E-state index contributed by atoms with van der Waals surface area (Å²) in [4.78, 5) is 30.8. The molecule has 1 amide bonds. The Hall–Kier alpha value is -1.79. The van der Waals surface area contributed by atoms with Crippen LogP contribution in [0.2, 0.25) is 0 Å². The van der Waals surface area contributed by atoms with E-state index in [-0.39, 0.29) is 29.7 Å². The molecule has 1 rings (SSSR count). The lowest BCUT2D eigenvalue weighted by atomic mass is 9.92. The average molecular weight is 576 g/mol. The minimum atomic E-state index is -0.165. The van der Waals surface area contributed by atoms with Crippen LogP contribution in [-0.4, -0.2) is 64.7 Å². The molecule has 3 atom stereocenters. The first-order valence-electron chi connectivity index (χ1n) is 15.9. The van der Waals surface area contributed by atoms with Crippen LogP contribution >= 0.6 is 11.8 Å². The van der Waals surface area contributed by atoms with Gasteiger partial charge in [0.15, 0.2) is 0 Å². The highest BCUT2D eigenvalue weighted by Gasteiger charge is 2.27. The van der Waals surface area contributed by atoms with Crippen molar-refractivity contribution >= 4 is 29.1 Å². The zero-order valence-corrected chi connectivity index (χ0v) is 28.8. The van der Waals surface area contributed by atoms with E-state index >= 15 is 0 Å². The first-order valence-corrected chi connectivity index (χ1v) is 16.9. The van der Waals surface area contributed by atoms with Crippen molar-refractivity contribution in [2.45, 2.75) is 114 Å². The molecule has 0 bridgehead atoms. The van der Waals surface area contributed by atoms with Gasteiger partial charge < -0.3 is 9.80 Å². The lowest BCUT2D eigenvalue weighted by molar-refractivity contribution is -0.136. The van der Waals surface area contributed by atoms with Crippen molar-refractivity contribution in [3.8, 4) is 0 Å². The monoisotopic (exact) mass is 575 g/mol. The van der Waals surface area contributed by atoms with Gasteiger partial charge in [-0.2, -0.15) is 0 Å². The third kappa shape index (κ3) is 10.9. The van der Waals surface area contributed by atoms with Crippen LogP contribution < -0.4 is 0 Å². The summed E-state index contributed by atoms with van der Waals surface area (Å²) in [5.41, 5.74) is 4.94. The first kappa shape index (κ1) is 38.2. The summed E-state index contributed by atoms with van der Waals surface area (Å²) in [6.07, 6.45) is 10.8. The number of aromatic nitrogens is 1. The van der Waals surface area contributed by atoms with Crippen LogP contribution in [0.1, 0.15) is 117 Å². The topological polar surface area (TPSA) is 45.6 Å². The number of nitrogens with zero attached hydrogens (tertiary/aromatic N) is 3. The van der Waals surface area contributed by atoms with Gasteiger partial charge in [0.2, 0.25) is 11.8 Å². The maximum Gasteiger partial charge on any atom is 0.237 e. The molecule has 1 aromatic heterocycles. The molecule has 0 radical (unpaired) electrons. The van der Waals surface area contributed by atoms with Crippen LogP contribution in [0.5, 0.6) is 0 Å². The van der Waals surface area contributed by atoms with E-state index in [2.05, 4.69) is 79.6 Å². The van der Waals surface area contributed by atoms with E-state index in [0.717, 1.165) is 63.2 Å². The van der Waals surface area contributed by atoms with Gasteiger partial charge in [-0.15, -0.1) is 11.8 Å². The van der Waals surface area contributed by atoms with E-state index in [9.17, 15) is 9.59 Å². The van der Waals surface area contributed by atoms with Crippen molar-refractivity contribution in [1.82, 2.24) is 14.4 Å². The average Bonchev–Trinajstić information content (AvgIpc) is 3.35. The Labute approximate surface area is 251 Å². The second-order valence-corrected chi connectivity index (χ2v) is 11.4. The van der Waals surface area contributed by atoms with Crippen molar-refractivity contribution in [2.24, 2.45) is 11.8 Å². The number of rotatable bonds is 17. The van der Waals surface area contributed by atoms with Crippen molar-refractivity contribution in [3.05, 3.63) is 40.6 Å². The Kier molecular flexibility index (Phi) is 20.1. The number of amides is 1. The molecule has 0 aromatic carbocycles. The zero-order valence-electron chi connectivity index (χ0n) is 28.0. The van der Waals surface area contributed by atoms with Crippen molar-refractivity contribution in [2.75, 3.05) is 32.4 Å². The third-order valence-corrected chi connectivity index (χ3v) is 8.31. The molecule has 0 N–H and O–H groups in total. The number of hydrogen-bond donors (Lipinski definition) is 0. The molecular weight excluding hydrogens is 514 g/mol. The highest BCUT2D eigenvalue weighted by molar-refractivity contribution is 8.02. The fourth-order valence-corrected chi connectivity index (χ4v) is 5.63. The van der Waals surface area contributed by atoms with Crippen LogP contribution in [0.15, 0.2) is 23.8 Å². The Morgan fingerprint density at radius 1 is 1.00 bits per heavy atom. The summed E-state index contributed by atoms with van der Waals surface area (Å²) in [6, 6.07) is 0.271. The molecule has 5 nitrogen and oxygen atoms in total. The fourth-order valence-electron chi connectivity index (χ4n) is 5.09. The molecule has 0 aliphatic rings. The van der Waals surface area contributed by atoms with E-state index in [1.807, 2.05) is 41.7 Å². The standard InChI is InChI=1S/C32H55N3O2S.C2H6/c1-11-18-28(21-25(9)33(10)22-27(13-3)32(37)34(15-5)16-6)30-26(12-2)23-35(29(30)14-4)31(36)24(8)19-20-38-17-7;1-2/h18-20,23-25,27H,11-17,21-22H2,1-10H3;1-2H3/b20-19-,28-18-;/t24?,25-,27-;/m1./s1. The van der Waals surface area contributed by atoms with Gasteiger partial charge in [0, 0.05) is 43.1 Å². The molecule has 0 fully saturated rings. The molecule has 0 spiro atoms. The molecule has 0 aliphatic heterocycles. The van der Waals surface area contributed by atoms with Gasteiger partial charge in [-0.3, -0.25) is 14.2 Å². The largest absolute Gasteiger partial charge is 0.343 e. The van der Waals surface area contributed by atoms with E-state index in [1.54, 1.807) is 11.8 Å². The summed E-state index contributed by atoms with van der Waals surface area (Å²) in [6.45, 7) is 25.4. The van der Waals surface area contributed by atoms with Crippen LogP contribution in [0.4, 0.5) is 0 Å². The van der Waals surface area contributed by atoms with Crippen LogP contribution in [0, 0.1) is 11.8 Å². The van der Waals surface area contributed by atoms with Gasteiger partial charge in [-0.1, -0.05) is 67.5 Å². The fraction of sp³-hybridized carbons (Fsp3) is 0.706. The third-order valence-electron chi connectivity index (χ3n) is 7.62. The molecule has 40 heavy (non-hydrogen) atoms. The smallest absolute Gasteiger partial charge is 0.237 e. The lowest BCUT2D eigenvalue weighted by Crippen LogP contribution is -2.42. The second-order valence-electron chi connectivity index (χ2n) is 10.2. The number of carbonyl (C=O) groups is 2.